The van der Waals surface area contributed by atoms with E-state index in [2.05, 4.69) is 21.9 Å². The van der Waals surface area contributed by atoms with Crippen molar-refractivity contribution in [1.82, 2.24) is 10.2 Å². The van der Waals surface area contributed by atoms with E-state index in [-0.39, 0.29) is 28.6 Å². The van der Waals surface area contributed by atoms with Crippen molar-refractivity contribution in [2.75, 3.05) is 26.3 Å². The van der Waals surface area contributed by atoms with Gasteiger partial charge in [-0.25, -0.2) is 0 Å². The van der Waals surface area contributed by atoms with Gasteiger partial charge in [0, 0.05) is 30.1 Å². The first-order valence-corrected chi connectivity index (χ1v) is 8.37. The van der Waals surface area contributed by atoms with Crippen molar-refractivity contribution in [3.8, 4) is 5.75 Å². The molecule has 1 aromatic rings. The van der Waals surface area contributed by atoms with Crippen molar-refractivity contribution in [2.24, 2.45) is 0 Å². The van der Waals surface area contributed by atoms with Gasteiger partial charge in [0.2, 0.25) is 0 Å². The lowest BCUT2D eigenvalue weighted by molar-refractivity contribution is -0.0498. The van der Waals surface area contributed by atoms with Crippen molar-refractivity contribution in [3.63, 3.8) is 0 Å². The van der Waals surface area contributed by atoms with Gasteiger partial charge in [0.1, 0.15) is 10.6 Å². The van der Waals surface area contributed by atoms with E-state index < -0.39 is 6.61 Å². The van der Waals surface area contributed by atoms with Gasteiger partial charge in [-0.1, -0.05) is 0 Å². The summed E-state index contributed by atoms with van der Waals surface area (Å²) in [6, 6.07) is 1.88. The molecular formula is C15H22F2N2O3S. The molecule has 1 fully saturated rings. The number of hydrogen-bond acceptors (Lipinski definition) is 5. The number of rotatable bonds is 6. The van der Waals surface area contributed by atoms with E-state index in [0.717, 1.165) is 22.8 Å². The van der Waals surface area contributed by atoms with E-state index in [0.29, 0.717) is 19.8 Å². The van der Waals surface area contributed by atoms with E-state index in [1.165, 1.54) is 6.07 Å². The van der Waals surface area contributed by atoms with E-state index in [4.69, 9.17) is 4.74 Å². The van der Waals surface area contributed by atoms with Crippen LogP contribution in [0.3, 0.4) is 0 Å². The number of carbonyl (C=O) groups excluding carboxylic acids is 1. The summed E-state index contributed by atoms with van der Waals surface area (Å²) in [4.78, 5) is 15.5. The summed E-state index contributed by atoms with van der Waals surface area (Å²) in [5.74, 6) is -0.445. The average Bonchev–Trinajstić information content (AvgIpc) is 2.84. The highest BCUT2D eigenvalue weighted by atomic mass is 32.1. The van der Waals surface area contributed by atoms with Crippen LogP contribution in [0.1, 0.15) is 28.4 Å². The Labute approximate surface area is 138 Å². The predicted octanol–water partition coefficient (Wildman–Crippen LogP) is 2.50. The minimum Gasteiger partial charge on any atom is -0.433 e. The second-order valence-electron chi connectivity index (χ2n) is 5.65. The lowest BCUT2D eigenvalue weighted by atomic mass is 10.2. The number of aryl methyl sites for hydroxylation is 1. The van der Waals surface area contributed by atoms with Crippen molar-refractivity contribution in [2.45, 2.75) is 39.5 Å². The first-order chi connectivity index (χ1) is 10.9. The second-order valence-corrected chi connectivity index (χ2v) is 6.91. The number of carbonyl (C=O) groups is 1. The Kier molecular flexibility index (Phi) is 6.32. The van der Waals surface area contributed by atoms with Crippen molar-refractivity contribution in [3.05, 3.63) is 15.8 Å². The number of nitrogens with one attached hydrogen (secondary N) is 1. The standard InChI is InChI=1S/C15H22F2N2O3S/c1-9(19-4-5-21-8-10(19)2)7-18-14(20)13-12(22-15(16)17)6-11(3)23-13/h6,9-10,15H,4-5,7-8H2,1-3H3,(H,18,20)/t9-,10+/m1/s1. The molecule has 0 saturated carbocycles. The van der Waals surface area contributed by atoms with Gasteiger partial charge in [-0.3, -0.25) is 9.69 Å². The van der Waals surface area contributed by atoms with Gasteiger partial charge in [-0.05, 0) is 26.8 Å². The minimum absolute atomic E-state index is 0.0626. The molecule has 0 aliphatic carbocycles. The topological polar surface area (TPSA) is 50.8 Å². The van der Waals surface area contributed by atoms with Gasteiger partial charge in [0.25, 0.3) is 5.91 Å². The zero-order valence-corrected chi connectivity index (χ0v) is 14.3. The molecule has 5 nitrogen and oxygen atoms in total. The number of amides is 1. The quantitative estimate of drug-likeness (QED) is 0.858. The van der Waals surface area contributed by atoms with Crippen LogP contribution in [0.25, 0.3) is 0 Å². The van der Waals surface area contributed by atoms with Crippen molar-refractivity contribution < 1.29 is 23.0 Å². The van der Waals surface area contributed by atoms with Gasteiger partial charge in [-0.2, -0.15) is 8.78 Å². The molecular weight excluding hydrogens is 326 g/mol. The molecule has 1 N–H and O–H groups in total. The Morgan fingerprint density at radius 3 is 3.00 bits per heavy atom. The fourth-order valence-electron chi connectivity index (χ4n) is 2.67. The molecule has 130 valence electrons. The maximum absolute atomic E-state index is 12.4. The van der Waals surface area contributed by atoms with Crippen LogP contribution in [0.4, 0.5) is 8.78 Å². The molecule has 1 aliphatic rings. The number of ether oxygens (including phenoxy) is 2. The molecule has 0 spiro atoms. The summed E-state index contributed by atoms with van der Waals surface area (Å²) in [5.41, 5.74) is 0. The van der Waals surface area contributed by atoms with Crippen LogP contribution in [0.15, 0.2) is 6.07 Å². The zero-order valence-electron chi connectivity index (χ0n) is 13.5. The van der Waals surface area contributed by atoms with Gasteiger partial charge >= 0.3 is 6.61 Å². The summed E-state index contributed by atoms with van der Waals surface area (Å²) in [7, 11) is 0. The SMILES string of the molecule is Cc1cc(OC(F)F)c(C(=O)NC[C@@H](C)N2CCOC[C@@H]2C)s1. The predicted molar refractivity (Wildman–Crippen MR) is 84.5 cm³/mol. The lowest BCUT2D eigenvalue weighted by Gasteiger charge is -2.37. The molecule has 1 amide bonds. The fraction of sp³-hybridized carbons (Fsp3) is 0.667. The van der Waals surface area contributed by atoms with Crippen LogP contribution < -0.4 is 10.1 Å². The van der Waals surface area contributed by atoms with E-state index in [1.807, 2.05) is 6.92 Å². The van der Waals surface area contributed by atoms with Crippen LogP contribution in [0.5, 0.6) is 5.75 Å². The van der Waals surface area contributed by atoms with Crippen LogP contribution in [-0.2, 0) is 4.74 Å². The van der Waals surface area contributed by atoms with Gasteiger partial charge in [0.05, 0.1) is 13.2 Å². The number of thiophene rings is 1. The molecule has 2 heterocycles. The highest BCUT2D eigenvalue weighted by Gasteiger charge is 2.25. The summed E-state index contributed by atoms with van der Waals surface area (Å²) >= 11 is 1.15. The van der Waals surface area contributed by atoms with Gasteiger partial charge in [0.15, 0.2) is 0 Å². The number of morpholine rings is 1. The highest BCUT2D eigenvalue weighted by Crippen LogP contribution is 2.30. The molecule has 23 heavy (non-hydrogen) atoms. The molecule has 8 heteroatoms. The monoisotopic (exact) mass is 348 g/mol. The number of nitrogens with zero attached hydrogens (tertiary/aromatic N) is 1. The Bertz CT molecular complexity index is 539. The van der Waals surface area contributed by atoms with Crippen molar-refractivity contribution >= 4 is 17.2 Å². The summed E-state index contributed by atoms with van der Waals surface area (Å²) in [6.07, 6.45) is 0. The number of alkyl halides is 2. The maximum atomic E-state index is 12.4. The minimum atomic E-state index is -2.94. The van der Waals surface area contributed by atoms with Crippen molar-refractivity contribution in [1.29, 1.82) is 0 Å². The third kappa shape index (κ3) is 4.86. The van der Waals surface area contributed by atoms with E-state index in [9.17, 15) is 13.6 Å². The number of halogens is 2. The van der Waals surface area contributed by atoms with Gasteiger partial charge < -0.3 is 14.8 Å². The van der Waals surface area contributed by atoms with Gasteiger partial charge in [-0.15, -0.1) is 11.3 Å². The molecule has 1 aromatic heterocycles. The molecule has 1 aliphatic heterocycles. The molecule has 0 unspecified atom stereocenters. The number of hydrogen-bond donors (Lipinski definition) is 1. The first kappa shape index (κ1) is 18.1. The van der Waals surface area contributed by atoms with Crippen LogP contribution in [-0.4, -0.2) is 55.8 Å². The van der Waals surface area contributed by atoms with E-state index >= 15 is 0 Å². The third-order valence-electron chi connectivity index (χ3n) is 3.79. The average molecular weight is 348 g/mol. The molecule has 2 rings (SSSR count). The Morgan fingerprint density at radius 2 is 2.35 bits per heavy atom. The molecule has 1 saturated heterocycles. The van der Waals surface area contributed by atoms with E-state index in [1.54, 1.807) is 6.92 Å². The normalized spacial score (nSPS) is 20.5. The third-order valence-corrected chi connectivity index (χ3v) is 4.82. The zero-order chi connectivity index (χ0) is 17.0. The fourth-order valence-corrected chi connectivity index (χ4v) is 3.53. The lowest BCUT2D eigenvalue weighted by Crippen LogP contribution is -2.51. The largest absolute Gasteiger partial charge is 0.433 e. The second kappa shape index (κ2) is 8.03. The summed E-state index contributed by atoms with van der Waals surface area (Å²) < 4.78 is 34.6. The Hall–Kier alpha value is -1.25. The summed E-state index contributed by atoms with van der Waals surface area (Å²) in [6.45, 7) is 5.52. The first-order valence-electron chi connectivity index (χ1n) is 7.55. The Morgan fingerprint density at radius 1 is 1.61 bits per heavy atom. The molecule has 0 bridgehead atoms. The molecule has 2 atom stereocenters. The maximum Gasteiger partial charge on any atom is 0.387 e. The summed E-state index contributed by atoms with van der Waals surface area (Å²) in [5, 5.41) is 2.81. The Balaban J connectivity index is 1.94. The van der Waals surface area contributed by atoms with Crippen LogP contribution >= 0.6 is 11.3 Å². The molecule has 0 aromatic carbocycles. The van der Waals surface area contributed by atoms with Crippen LogP contribution in [0, 0.1) is 6.92 Å². The van der Waals surface area contributed by atoms with Crippen LogP contribution in [0.2, 0.25) is 0 Å². The highest BCUT2D eigenvalue weighted by molar-refractivity contribution is 7.14. The smallest absolute Gasteiger partial charge is 0.387 e. The molecule has 0 radical (unpaired) electrons.